The zero-order chi connectivity index (χ0) is 13.1. The van der Waals surface area contributed by atoms with Crippen molar-refractivity contribution in [3.8, 4) is 0 Å². The predicted octanol–water partition coefficient (Wildman–Crippen LogP) is 2.86. The van der Waals surface area contributed by atoms with Crippen LogP contribution in [0.5, 0.6) is 0 Å². The average molecular weight is 266 g/mol. The fourth-order valence-electron chi connectivity index (χ4n) is 1.56. The van der Waals surface area contributed by atoms with Crippen LogP contribution in [0.1, 0.15) is 64.7 Å². The molecule has 0 amide bonds. The molecule has 17 heavy (non-hydrogen) atoms. The highest BCUT2D eigenvalue weighted by Crippen LogP contribution is 2.10. The first kappa shape index (κ1) is 16.4. The van der Waals surface area contributed by atoms with E-state index in [2.05, 4.69) is 11.1 Å². The Morgan fingerprint density at radius 1 is 1.00 bits per heavy atom. The molecule has 0 aromatic heterocycles. The zero-order valence-electron chi connectivity index (χ0n) is 10.4. The smallest absolute Gasteiger partial charge is 0.325 e. The second-order valence-electron chi connectivity index (χ2n) is 4.11. The molecular formula is C11H22O5S. The topological polar surface area (TPSA) is 80.7 Å². The van der Waals surface area contributed by atoms with Crippen LogP contribution in [0.25, 0.3) is 0 Å². The molecule has 0 fully saturated rings. The molecule has 1 N–H and O–H groups in total. The van der Waals surface area contributed by atoms with Crippen LogP contribution in [-0.2, 0) is 19.4 Å². The van der Waals surface area contributed by atoms with Crippen molar-refractivity contribution in [2.45, 2.75) is 64.7 Å². The zero-order valence-corrected chi connectivity index (χ0v) is 11.2. The maximum absolute atomic E-state index is 10.9. The minimum absolute atomic E-state index is 0.0365. The first-order valence-corrected chi connectivity index (χ1v) is 7.52. The van der Waals surface area contributed by atoms with Crippen LogP contribution >= 0.6 is 0 Å². The third-order valence-corrected chi connectivity index (χ3v) is 2.83. The van der Waals surface area contributed by atoms with Gasteiger partial charge in [0.25, 0.3) is 0 Å². The fraction of sp³-hybridized carbons (Fsp3) is 0.909. The van der Waals surface area contributed by atoms with Gasteiger partial charge in [-0.15, -0.1) is 0 Å². The van der Waals surface area contributed by atoms with Gasteiger partial charge in [0, 0.05) is 6.42 Å². The van der Waals surface area contributed by atoms with Gasteiger partial charge in [0.1, 0.15) is 0 Å². The summed E-state index contributed by atoms with van der Waals surface area (Å²) in [5.74, 6) is -0.890. The molecule has 0 saturated carbocycles. The second-order valence-corrected chi connectivity index (χ2v) is 5.13. The molecule has 0 unspecified atom stereocenters. The quantitative estimate of drug-likeness (QED) is 0.485. The number of carbonyl (C=O) groups is 1. The summed E-state index contributed by atoms with van der Waals surface area (Å²) in [7, 11) is -4.63. The summed E-state index contributed by atoms with van der Waals surface area (Å²) in [6.45, 7) is 2.17. The van der Waals surface area contributed by atoms with E-state index in [9.17, 15) is 13.2 Å². The molecule has 6 heteroatoms. The molecule has 0 spiro atoms. The molecule has 0 bridgehead atoms. The van der Waals surface area contributed by atoms with Gasteiger partial charge in [-0.1, -0.05) is 51.9 Å². The molecule has 0 aliphatic rings. The highest BCUT2D eigenvalue weighted by atomic mass is 32.3. The van der Waals surface area contributed by atoms with Crippen molar-refractivity contribution in [3.63, 3.8) is 0 Å². The van der Waals surface area contributed by atoms with Gasteiger partial charge < -0.3 is 4.18 Å². The van der Waals surface area contributed by atoms with Gasteiger partial charge in [-0.2, -0.15) is 8.42 Å². The Morgan fingerprint density at radius 2 is 1.47 bits per heavy atom. The predicted molar refractivity (Wildman–Crippen MR) is 64.9 cm³/mol. The molecule has 102 valence electrons. The van der Waals surface area contributed by atoms with Crippen LogP contribution in [0, 0.1) is 0 Å². The molecular weight excluding hydrogens is 244 g/mol. The Hall–Kier alpha value is -0.620. The van der Waals surface area contributed by atoms with Gasteiger partial charge in [-0.25, -0.2) is 0 Å². The minimum atomic E-state index is -4.63. The molecule has 5 nitrogen and oxygen atoms in total. The molecule has 0 aliphatic carbocycles. The fourth-order valence-corrected chi connectivity index (χ4v) is 1.88. The molecule has 0 atom stereocenters. The first-order chi connectivity index (χ1) is 7.95. The summed E-state index contributed by atoms with van der Waals surface area (Å²) in [6.07, 6.45) is 8.66. The normalized spacial score (nSPS) is 11.4. The molecule has 0 aliphatic heterocycles. The molecule has 0 saturated heterocycles. The minimum Gasteiger partial charge on any atom is -0.325 e. The van der Waals surface area contributed by atoms with E-state index in [4.69, 9.17) is 4.55 Å². The number of rotatable bonds is 10. The van der Waals surface area contributed by atoms with Gasteiger partial charge in [0.05, 0.1) is 0 Å². The summed E-state index contributed by atoms with van der Waals surface area (Å²) >= 11 is 0. The van der Waals surface area contributed by atoms with E-state index in [1.54, 1.807) is 0 Å². The summed E-state index contributed by atoms with van der Waals surface area (Å²) < 4.78 is 32.4. The number of unbranched alkanes of at least 4 members (excludes halogenated alkanes) is 7. The maximum Gasteiger partial charge on any atom is 0.448 e. The lowest BCUT2D eigenvalue weighted by Crippen LogP contribution is -2.11. The molecule has 0 radical (unpaired) electrons. The lowest BCUT2D eigenvalue weighted by Gasteiger charge is -2.01. The van der Waals surface area contributed by atoms with Crippen molar-refractivity contribution in [1.82, 2.24) is 0 Å². The molecule has 0 aromatic carbocycles. The van der Waals surface area contributed by atoms with E-state index in [1.807, 2.05) is 0 Å². The first-order valence-electron chi connectivity index (χ1n) is 6.15. The van der Waals surface area contributed by atoms with E-state index in [-0.39, 0.29) is 6.42 Å². The Labute approximate surface area is 104 Å². The van der Waals surface area contributed by atoms with E-state index < -0.39 is 16.4 Å². The third-order valence-electron chi connectivity index (χ3n) is 2.43. The number of hydrogen-bond donors (Lipinski definition) is 1. The van der Waals surface area contributed by atoms with E-state index in [1.165, 1.54) is 25.7 Å². The monoisotopic (exact) mass is 266 g/mol. The van der Waals surface area contributed by atoms with Gasteiger partial charge in [-0.05, 0) is 6.42 Å². The molecule has 0 heterocycles. The van der Waals surface area contributed by atoms with Gasteiger partial charge in [-0.3, -0.25) is 9.35 Å². The summed E-state index contributed by atoms with van der Waals surface area (Å²) in [6, 6.07) is 0. The largest absolute Gasteiger partial charge is 0.448 e. The molecule has 0 aromatic rings. The Kier molecular flexibility index (Phi) is 9.07. The van der Waals surface area contributed by atoms with E-state index in [0.717, 1.165) is 19.3 Å². The highest BCUT2D eigenvalue weighted by molar-refractivity contribution is 7.81. The van der Waals surface area contributed by atoms with E-state index in [0.29, 0.717) is 6.42 Å². The van der Waals surface area contributed by atoms with Crippen LogP contribution in [0.3, 0.4) is 0 Å². The Bertz CT molecular complexity index is 297. The van der Waals surface area contributed by atoms with Crippen molar-refractivity contribution in [2.75, 3.05) is 0 Å². The Morgan fingerprint density at radius 3 is 1.94 bits per heavy atom. The number of hydrogen-bond acceptors (Lipinski definition) is 4. The van der Waals surface area contributed by atoms with Crippen molar-refractivity contribution in [1.29, 1.82) is 0 Å². The summed E-state index contributed by atoms with van der Waals surface area (Å²) in [4.78, 5) is 10.9. The van der Waals surface area contributed by atoms with Crippen LogP contribution in [0.15, 0.2) is 0 Å². The van der Waals surface area contributed by atoms with Gasteiger partial charge in [0.15, 0.2) is 0 Å². The van der Waals surface area contributed by atoms with E-state index >= 15 is 0 Å². The van der Waals surface area contributed by atoms with Crippen molar-refractivity contribution in [3.05, 3.63) is 0 Å². The van der Waals surface area contributed by atoms with Gasteiger partial charge in [0.2, 0.25) is 0 Å². The standard InChI is InChI=1S/C11H22O5S/c1-2-3-4-5-6-7-8-9-10-11(12)16-17(13,14)15/h2-10H2,1H3,(H,13,14,15). The summed E-state index contributed by atoms with van der Waals surface area (Å²) in [5, 5.41) is 0. The lowest BCUT2D eigenvalue weighted by molar-refractivity contribution is -0.134. The lowest BCUT2D eigenvalue weighted by atomic mass is 10.1. The van der Waals surface area contributed by atoms with Gasteiger partial charge >= 0.3 is 16.4 Å². The van der Waals surface area contributed by atoms with Crippen molar-refractivity contribution >= 4 is 16.4 Å². The summed E-state index contributed by atoms with van der Waals surface area (Å²) in [5.41, 5.74) is 0. The molecule has 0 rings (SSSR count). The maximum atomic E-state index is 10.9. The van der Waals surface area contributed by atoms with Crippen molar-refractivity contribution in [2.24, 2.45) is 0 Å². The highest BCUT2D eigenvalue weighted by Gasteiger charge is 2.11. The average Bonchev–Trinajstić information content (AvgIpc) is 2.19. The Balaban J connectivity index is 3.31. The number of carbonyl (C=O) groups excluding carboxylic acids is 1. The van der Waals surface area contributed by atoms with Crippen LogP contribution in [0.2, 0.25) is 0 Å². The third kappa shape index (κ3) is 13.3. The van der Waals surface area contributed by atoms with Crippen LogP contribution in [-0.4, -0.2) is 18.9 Å². The van der Waals surface area contributed by atoms with Crippen LogP contribution < -0.4 is 0 Å². The second kappa shape index (κ2) is 9.41. The van der Waals surface area contributed by atoms with Crippen LogP contribution in [0.4, 0.5) is 0 Å². The van der Waals surface area contributed by atoms with Crippen molar-refractivity contribution < 1.29 is 21.9 Å². The SMILES string of the molecule is CCCCCCCCCCC(=O)OS(=O)(=O)O.